The molecule has 0 bridgehead atoms. The highest BCUT2D eigenvalue weighted by atomic mass is 32.2. The Morgan fingerprint density at radius 2 is 1.60 bits per heavy atom. The van der Waals surface area contributed by atoms with E-state index in [-0.39, 0.29) is 27.2 Å². The van der Waals surface area contributed by atoms with Crippen LogP contribution in [0.1, 0.15) is 42.1 Å². The lowest BCUT2D eigenvalue weighted by atomic mass is 9.71. The van der Waals surface area contributed by atoms with Crippen LogP contribution in [-0.4, -0.2) is 13.0 Å². The normalized spacial score (nSPS) is 18.1. The first-order chi connectivity index (χ1) is 16.8. The molecule has 35 heavy (non-hydrogen) atoms. The van der Waals surface area contributed by atoms with Crippen LogP contribution in [-0.2, 0) is 22.0 Å². The second kappa shape index (κ2) is 7.68. The molecule has 6 rings (SSSR count). The molecule has 176 valence electrons. The van der Waals surface area contributed by atoms with Gasteiger partial charge in [0.1, 0.15) is 4.90 Å². The second-order valence-electron chi connectivity index (χ2n) is 9.59. The maximum Gasteiger partial charge on any atom is 0.339 e. The highest BCUT2D eigenvalue weighted by molar-refractivity contribution is 7.87. The maximum absolute atomic E-state index is 14.2. The van der Waals surface area contributed by atoms with Crippen LogP contribution in [0.4, 0.5) is 0 Å². The third-order valence-electron chi connectivity index (χ3n) is 7.36. The molecule has 0 N–H and O–H groups in total. The number of aryl methyl sites for hydroxylation is 1. The fourth-order valence-electron chi connectivity index (χ4n) is 5.69. The Balaban J connectivity index is 1.68. The van der Waals surface area contributed by atoms with Crippen molar-refractivity contribution in [3.63, 3.8) is 0 Å². The predicted molar refractivity (Wildman–Crippen MR) is 136 cm³/mol. The van der Waals surface area contributed by atoms with E-state index in [1.165, 1.54) is 0 Å². The molecule has 2 heterocycles. The van der Waals surface area contributed by atoms with Crippen LogP contribution in [0.3, 0.4) is 0 Å². The van der Waals surface area contributed by atoms with Crippen molar-refractivity contribution >= 4 is 10.1 Å². The first kappa shape index (κ1) is 21.9. The molecule has 1 aromatic heterocycles. The number of para-hydroxylation sites is 1. The van der Waals surface area contributed by atoms with Gasteiger partial charge in [0.25, 0.3) is 5.56 Å². The standard InChI is InChI=1S/C29H25NO4S/c1-19-14-16-21(17-15-19)35(32,33)34-26-22-11-8-18-29(2)23-12-6-7-13-24(23)30(27(22)29)28(31)25(26)20-9-4-3-5-10-20/h3-7,9-10,12-17H,8,11,18H2,1-2H3/t29-/m1/s1. The van der Waals surface area contributed by atoms with Gasteiger partial charge in [0.05, 0.1) is 11.3 Å². The highest BCUT2D eigenvalue weighted by Gasteiger charge is 2.46. The fraction of sp³-hybridized carbons (Fsp3) is 0.207. The minimum absolute atomic E-state index is 0.0665. The molecule has 0 amide bonds. The molecule has 5 nitrogen and oxygen atoms in total. The van der Waals surface area contributed by atoms with Gasteiger partial charge in [0, 0.05) is 16.7 Å². The number of hydrogen-bond donors (Lipinski definition) is 0. The van der Waals surface area contributed by atoms with Gasteiger partial charge in [-0.3, -0.25) is 9.36 Å². The first-order valence-corrected chi connectivity index (χ1v) is 13.2. The quantitative estimate of drug-likeness (QED) is 0.358. The van der Waals surface area contributed by atoms with Crippen LogP contribution in [0, 0.1) is 6.92 Å². The Morgan fingerprint density at radius 1 is 0.914 bits per heavy atom. The summed E-state index contributed by atoms with van der Waals surface area (Å²) in [4.78, 5) is 14.2. The molecule has 1 aliphatic carbocycles. The van der Waals surface area contributed by atoms with Crippen molar-refractivity contribution in [2.24, 2.45) is 0 Å². The number of benzene rings is 3. The van der Waals surface area contributed by atoms with E-state index < -0.39 is 10.1 Å². The van der Waals surface area contributed by atoms with Crippen molar-refractivity contribution < 1.29 is 12.6 Å². The van der Waals surface area contributed by atoms with E-state index in [9.17, 15) is 13.2 Å². The van der Waals surface area contributed by atoms with Gasteiger partial charge in [-0.2, -0.15) is 8.42 Å². The van der Waals surface area contributed by atoms with E-state index >= 15 is 0 Å². The lowest BCUT2D eigenvalue weighted by Crippen LogP contribution is -2.33. The monoisotopic (exact) mass is 483 g/mol. The lowest BCUT2D eigenvalue weighted by molar-refractivity contribution is 0.441. The van der Waals surface area contributed by atoms with Crippen LogP contribution in [0.5, 0.6) is 5.75 Å². The summed E-state index contributed by atoms with van der Waals surface area (Å²) in [6.07, 6.45) is 2.38. The SMILES string of the molecule is Cc1ccc(S(=O)(=O)Oc2c3c4n(c(=O)c2-c2ccccc2)-c2ccccc2[C@@]4(C)CCC3)cc1. The summed E-state index contributed by atoms with van der Waals surface area (Å²) in [7, 11) is -4.16. The molecule has 1 aliphatic heterocycles. The van der Waals surface area contributed by atoms with Crippen molar-refractivity contribution in [2.75, 3.05) is 0 Å². The topological polar surface area (TPSA) is 65.4 Å². The molecule has 2 aliphatic rings. The second-order valence-corrected chi connectivity index (χ2v) is 11.1. The molecular formula is C29H25NO4S. The third-order valence-corrected chi connectivity index (χ3v) is 8.59. The zero-order chi connectivity index (χ0) is 24.4. The maximum atomic E-state index is 14.2. The van der Waals surface area contributed by atoms with Gasteiger partial charge < -0.3 is 4.18 Å². The van der Waals surface area contributed by atoms with Crippen LogP contribution < -0.4 is 9.74 Å². The molecular weight excluding hydrogens is 458 g/mol. The zero-order valence-corrected chi connectivity index (χ0v) is 20.4. The molecule has 0 saturated heterocycles. The minimum Gasteiger partial charge on any atom is -0.378 e. The van der Waals surface area contributed by atoms with Gasteiger partial charge in [0.2, 0.25) is 0 Å². The van der Waals surface area contributed by atoms with Crippen LogP contribution >= 0.6 is 0 Å². The van der Waals surface area contributed by atoms with Gasteiger partial charge in [-0.25, -0.2) is 0 Å². The van der Waals surface area contributed by atoms with Crippen LogP contribution in [0.2, 0.25) is 0 Å². The summed E-state index contributed by atoms with van der Waals surface area (Å²) in [5.41, 5.74) is 4.82. The van der Waals surface area contributed by atoms with Gasteiger partial charge in [-0.05, 0) is 62.4 Å². The Hall–Kier alpha value is -3.64. The number of pyridine rings is 1. The molecule has 4 aromatic rings. The van der Waals surface area contributed by atoms with E-state index in [2.05, 4.69) is 13.0 Å². The summed E-state index contributed by atoms with van der Waals surface area (Å²) in [6.45, 7) is 4.04. The van der Waals surface area contributed by atoms with Crippen molar-refractivity contribution in [3.05, 3.63) is 112 Å². The number of aromatic nitrogens is 1. The molecule has 0 fully saturated rings. The van der Waals surface area contributed by atoms with Gasteiger partial charge in [-0.1, -0.05) is 66.2 Å². The molecule has 0 unspecified atom stereocenters. The average molecular weight is 484 g/mol. The largest absolute Gasteiger partial charge is 0.378 e. The summed E-state index contributed by atoms with van der Waals surface area (Å²) in [6, 6.07) is 23.7. The molecule has 3 aromatic carbocycles. The number of rotatable bonds is 4. The summed E-state index contributed by atoms with van der Waals surface area (Å²) >= 11 is 0. The highest BCUT2D eigenvalue weighted by Crippen LogP contribution is 2.52. The molecule has 1 atom stereocenters. The Bertz CT molecular complexity index is 1640. The lowest BCUT2D eigenvalue weighted by Gasteiger charge is -2.33. The number of hydrogen-bond acceptors (Lipinski definition) is 4. The molecule has 6 heteroatoms. The molecule has 0 radical (unpaired) electrons. The smallest absolute Gasteiger partial charge is 0.339 e. The molecule has 0 spiro atoms. The average Bonchev–Trinajstić information content (AvgIpc) is 3.13. The Kier molecular flexibility index (Phi) is 4.80. The van der Waals surface area contributed by atoms with E-state index in [1.54, 1.807) is 28.8 Å². The Morgan fingerprint density at radius 3 is 2.34 bits per heavy atom. The van der Waals surface area contributed by atoms with Crippen molar-refractivity contribution in [1.29, 1.82) is 0 Å². The fourth-order valence-corrected chi connectivity index (χ4v) is 6.66. The van der Waals surface area contributed by atoms with Crippen LogP contribution in [0.25, 0.3) is 16.8 Å². The summed E-state index contributed by atoms with van der Waals surface area (Å²) in [5.74, 6) is 0.159. The van der Waals surface area contributed by atoms with E-state index in [4.69, 9.17) is 4.18 Å². The Labute approximate surface area is 204 Å². The third kappa shape index (κ3) is 3.20. The number of fused-ring (bicyclic) bond motifs is 3. The summed E-state index contributed by atoms with van der Waals surface area (Å²) < 4.78 is 34.6. The minimum atomic E-state index is -4.16. The first-order valence-electron chi connectivity index (χ1n) is 11.8. The van der Waals surface area contributed by atoms with Crippen molar-refractivity contribution in [1.82, 2.24) is 4.57 Å². The van der Waals surface area contributed by atoms with Gasteiger partial charge >= 0.3 is 10.1 Å². The number of nitrogens with zero attached hydrogens (tertiary/aromatic N) is 1. The van der Waals surface area contributed by atoms with Gasteiger partial charge in [0.15, 0.2) is 5.75 Å². The van der Waals surface area contributed by atoms with E-state index in [0.717, 1.165) is 40.9 Å². The predicted octanol–water partition coefficient (Wildman–Crippen LogP) is 5.54. The zero-order valence-electron chi connectivity index (χ0n) is 19.6. The van der Waals surface area contributed by atoms with Crippen molar-refractivity contribution in [2.45, 2.75) is 43.4 Å². The van der Waals surface area contributed by atoms with Gasteiger partial charge in [-0.15, -0.1) is 0 Å². The van der Waals surface area contributed by atoms with E-state index in [1.807, 2.05) is 55.5 Å². The van der Waals surface area contributed by atoms with Crippen LogP contribution in [0.15, 0.2) is 88.6 Å². The van der Waals surface area contributed by atoms with Crippen molar-refractivity contribution in [3.8, 4) is 22.6 Å². The molecule has 0 saturated carbocycles. The van der Waals surface area contributed by atoms with E-state index in [0.29, 0.717) is 12.0 Å². The summed E-state index contributed by atoms with van der Waals surface area (Å²) in [5, 5.41) is 0.